The van der Waals surface area contributed by atoms with Crippen LogP contribution in [-0.2, 0) is 4.79 Å². The van der Waals surface area contributed by atoms with Crippen LogP contribution < -0.4 is 5.32 Å². The maximum atomic E-state index is 12.9. The van der Waals surface area contributed by atoms with Gasteiger partial charge in [-0.3, -0.25) is 9.59 Å². The highest BCUT2D eigenvalue weighted by Gasteiger charge is 2.49. The zero-order chi connectivity index (χ0) is 22.8. The summed E-state index contributed by atoms with van der Waals surface area (Å²) in [4.78, 5) is 24.6. The summed E-state index contributed by atoms with van der Waals surface area (Å²) in [7, 11) is 1.49. The Morgan fingerprint density at radius 1 is 1.31 bits per heavy atom. The van der Waals surface area contributed by atoms with Gasteiger partial charge in [-0.25, -0.2) is 0 Å². The topological polar surface area (TPSA) is 69.6 Å². The molecule has 0 aliphatic heterocycles. The number of alkyl halides is 3. The van der Waals surface area contributed by atoms with Crippen LogP contribution in [0.2, 0.25) is 5.02 Å². The Morgan fingerprint density at radius 2 is 1.83 bits per heavy atom. The van der Waals surface area contributed by atoms with Crippen LogP contribution in [0.4, 0.5) is 13.2 Å². The molecule has 1 aromatic carbocycles. The molecule has 0 fully saturated rings. The van der Waals surface area contributed by atoms with Crippen LogP contribution in [0.5, 0.6) is 0 Å². The molecule has 0 saturated carbocycles. The Kier molecular flexibility index (Phi) is 10.8. The molecule has 0 bridgehead atoms. The van der Waals surface area contributed by atoms with E-state index in [1.807, 2.05) is 0 Å². The Hall–Kier alpha value is -2.24. The number of terminal acetylenes is 1. The monoisotopic (exact) mass is 434 g/mol. The lowest BCUT2D eigenvalue weighted by atomic mass is 9.89. The van der Waals surface area contributed by atoms with Crippen LogP contribution in [0, 0.1) is 18.8 Å². The van der Waals surface area contributed by atoms with E-state index in [9.17, 15) is 27.9 Å². The molecule has 2 N–H and O–H groups in total. The summed E-state index contributed by atoms with van der Waals surface area (Å²) >= 11 is 5.81. The third-order valence-corrected chi connectivity index (χ3v) is 4.88. The first-order valence-corrected chi connectivity index (χ1v) is 9.10. The number of nitrogens with zero attached hydrogens (tertiary/aromatic N) is 1. The Bertz CT molecular complexity index is 676. The number of benzene rings is 1. The van der Waals surface area contributed by atoms with Gasteiger partial charge in [-0.05, 0) is 49.9 Å². The van der Waals surface area contributed by atoms with Crippen molar-refractivity contribution < 1.29 is 27.9 Å². The van der Waals surface area contributed by atoms with Gasteiger partial charge >= 0.3 is 6.18 Å². The lowest BCUT2D eigenvalue weighted by Gasteiger charge is -2.35. The van der Waals surface area contributed by atoms with E-state index >= 15 is 0 Å². The second kappa shape index (κ2) is 11.7. The largest absolute Gasteiger partial charge is 0.416 e. The Morgan fingerprint density at radius 3 is 2.28 bits per heavy atom. The van der Waals surface area contributed by atoms with E-state index in [0.29, 0.717) is 23.9 Å². The van der Waals surface area contributed by atoms with E-state index in [4.69, 9.17) is 11.6 Å². The number of carbonyl (C=O) groups is 2. The first-order valence-electron chi connectivity index (χ1n) is 8.73. The smallest absolute Gasteiger partial charge is 0.381 e. The number of hydrogen-bond acceptors (Lipinski definition) is 3. The highest BCUT2D eigenvalue weighted by atomic mass is 35.5. The molecule has 0 radical (unpaired) electrons. The fourth-order valence-electron chi connectivity index (χ4n) is 2.75. The van der Waals surface area contributed by atoms with Gasteiger partial charge < -0.3 is 15.3 Å². The van der Waals surface area contributed by atoms with Crippen molar-refractivity contribution in [3.05, 3.63) is 34.9 Å². The zero-order valence-corrected chi connectivity index (χ0v) is 17.3. The number of hydrogen-bond donors (Lipinski definition) is 2. The van der Waals surface area contributed by atoms with E-state index in [0.717, 1.165) is 0 Å². The molecule has 0 aromatic heterocycles. The third kappa shape index (κ3) is 7.95. The summed E-state index contributed by atoms with van der Waals surface area (Å²) in [5.41, 5.74) is -2.53. The number of amides is 2. The van der Waals surface area contributed by atoms with Crippen molar-refractivity contribution >= 4 is 23.9 Å². The van der Waals surface area contributed by atoms with Gasteiger partial charge in [0.15, 0.2) is 5.60 Å². The van der Waals surface area contributed by atoms with E-state index in [-0.39, 0.29) is 24.8 Å². The predicted octanol–water partition coefficient (Wildman–Crippen LogP) is 3.51. The standard InChI is InChI=1S/C18H24ClF3N2O3.C2H2/c1-12(10-23-11-25)15(8-9-17(2,27)18(20,21)22)24(3)16(26)13-4-6-14(19)7-5-13;1-2/h4-7,11-12,15,27H,8-10H2,1-3H3,(H,23,25);1-2H/t12-,15+,17?;/m1./s1. The fourth-order valence-corrected chi connectivity index (χ4v) is 2.87. The SMILES string of the molecule is C#C.C[C@H](CNC=O)[C@H](CCC(C)(O)C(F)(F)F)N(C)C(=O)c1ccc(Cl)cc1. The van der Waals surface area contributed by atoms with Crippen molar-refractivity contribution in [1.82, 2.24) is 10.2 Å². The molecule has 3 atom stereocenters. The van der Waals surface area contributed by atoms with E-state index in [2.05, 4.69) is 18.2 Å². The average Bonchev–Trinajstić information content (AvgIpc) is 2.66. The fraction of sp³-hybridized carbons (Fsp3) is 0.500. The molecule has 1 unspecified atom stereocenters. The maximum Gasteiger partial charge on any atom is 0.416 e. The van der Waals surface area contributed by atoms with Crippen molar-refractivity contribution in [1.29, 1.82) is 0 Å². The van der Waals surface area contributed by atoms with E-state index in [1.165, 1.54) is 24.1 Å². The molecular formula is C20H26ClF3N2O3. The van der Waals surface area contributed by atoms with Gasteiger partial charge in [0.05, 0.1) is 0 Å². The number of nitrogens with one attached hydrogen (secondary N) is 1. The average molecular weight is 435 g/mol. The highest BCUT2D eigenvalue weighted by Crippen LogP contribution is 2.35. The number of carbonyl (C=O) groups excluding carboxylic acids is 2. The maximum absolute atomic E-state index is 12.9. The minimum Gasteiger partial charge on any atom is -0.381 e. The summed E-state index contributed by atoms with van der Waals surface area (Å²) in [6.07, 6.45) is 3.04. The predicted molar refractivity (Wildman–Crippen MR) is 106 cm³/mol. The van der Waals surface area contributed by atoms with Gasteiger partial charge in [0.1, 0.15) is 0 Å². The molecule has 1 aromatic rings. The minimum atomic E-state index is -4.78. The van der Waals surface area contributed by atoms with Crippen molar-refractivity contribution in [3.8, 4) is 12.8 Å². The van der Waals surface area contributed by atoms with Crippen molar-refractivity contribution in [2.24, 2.45) is 5.92 Å². The molecule has 0 heterocycles. The van der Waals surface area contributed by atoms with E-state index < -0.39 is 24.2 Å². The number of halogens is 4. The van der Waals surface area contributed by atoms with Gasteiger partial charge in [0, 0.05) is 30.2 Å². The van der Waals surface area contributed by atoms with Crippen molar-refractivity contribution in [2.45, 2.75) is 44.5 Å². The molecular weight excluding hydrogens is 409 g/mol. The number of aliphatic hydroxyl groups is 1. The molecule has 1 rings (SSSR count). The minimum absolute atomic E-state index is 0.0932. The normalized spacial score (nSPS) is 15.1. The molecule has 0 spiro atoms. The third-order valence-electron chi connectivity index (χ3n) is 4.63. The summed E-state index contributed by atoms with van der Waals surface area (Å²) < 4.78 is 38.8. The molecule has 5 nitrogen and oxygen atoms in total. The molecule has 0 aliphatic rings. The quantitative estimate of drug-likeness (QED) is 0.461. The summed E-state index contributed by atoms with van der Waals surface area (Å²) in [6.45, 7) is 2.61. The van der Waals surface area contributed by atoms with E-state index in [1.54, 1.807) is 19.1 Å². The van der Waals surface area contributed by atoms with Crippen LogP contribution >= 0.6 is 11.6 Å². The van der Waals surface area contributed by atoms with Crippen LogP contribution in [-0.4, -0.2) is 53.7 Å². The molecule has 0 saturated heterocycles. The second-order valence-corrected chi connectivity index (χ2v) is 7.24. The highest BCUT2D eigenvalue weighted by molar-refractivity contribution is 6.30. The first kappa shape index (κ1) is 26.8. The van der Waals surface area contributed by atoms with Gasteiger partial charge in [-0.2, -0.15) is 13.2 Å². The molecule has 9 heteroatoms. The van der Waals surface area contributed by atoms with Gasteiger partial charge in [-0.15, -0.1) is 12.8 Å². The lowest BCUT2D eigenvalue weighted by molar-refractivity contribution is -0.256. The van der Waals surface area contributed by atoms with Gasteiger partial charge in [0.2, 0.25) is 6.41 Å². The summed E-state index contributed by atoms with van der Waals surface area (Å²) in [5.74, 6) is -0.721. The zero-order valence-electron chi connectivity index (χ0n) is 16.5. The van der Waals surface area contributed by atoms with Crippen molar-refractivity contribution in [2.75, 3.05) is 13.6 Å². The Labute approximate surface area is 174 Å². The van der Waals surface area contributed by atoms with Crippen LogP contribution in [0.15, 0.2) is 24.3 Å². The first-order chi connectivity index (χ1) is 13.4. The lowest BCUT2D eigenvalue weighted by Crippen LogP contribution is -2.47. The van der Waals surface area contributed by atoms with Crippen LogP contribution in [0.1, 0.15) is 37.0 Å². The van der Waals surface area contributed by atoms with Crippen LogP contribution in [0.25, 0.3) is 0 Å². The molecule has 2 amide bonds. The Balaban J connectivity index is 0.00000379. The van der Waals surface area contributed by atoms with Gasteiger partial charge in [0.25, 0.3) is 5.91 Å². The number of rotatable bonds is 9. The molecule has 162 valence electrons. The molecule has 29 heavy (non-hydrogen) atoms. The van der Waals surface area contributed by atoms with Crippen molar-refractivity contribution in [3.63, 3.8) is 0 Å². The van der Waals surface area contributed by atoms with Crippen LogP contribution in [0.3, 0.4) is 0 Å². The molecule has 0 aliphatic carbocycles. The second-order valence-electron chi connectivity index (χ2n) is 6.80. The van der Waals surface area contributed by atoms with Gasteiger partial charge in [-0.1, -0.05) is 18.5 Å². The summed E-state index contributed by atoms with van der Waals surface area (Å²) in [5, 5.41) is 12.6. The summed E-state index contributed by atoms with van der Waals surface area (Å²) in [6, 6.07) is 5.51.